The normalized spacial score (nSPS) is 25.3. The van der Waals surface area contributed by atoms with Gasteiger partial charge in [-0.2, -0.15) is 0 Å². The summed E-state index contributed by atoms with van der Waals surface area (Å²) in [6.07, 6.45) is 6.52. The summed E-state index contributed by atoms with van der Waals surface area (Å²) < 4.78 is 0. The van der Waals surface area contributed by atoms with Crippen molar-refractivity contribution in [2.75, 3.05) is 32.0 Å². The van der Waals surface area contributed by atoms with Crippen LogP contribution >= 0.6 is 0 Å². The Labute approximate surface area is 133 Å². The van der Waals surface area contributed by atoms with E-state index in [0.717, 1.165) is 12.2 Å². The van der Waals surface area contributed by atoms with Gasteiger partial charge in [0, 0.05) is 25.3 Å². The van der Waals surface area contributed by atoms with Crippen LogP contribution in [0.5, 0.6) is 0 Å². The van der Waals surface area contributed by atoms with Crippen LogP contribution in [0.3, 0.4) is 0 Å². The van der Waals surface area contributed by atoms with E-state index in [1.165, 1.54) is 45.2 Å². The summed E-state index contributed by atoms with van der Waals surface area (Å²) in [5, 5.41) is 2.98. The number of amides is 2. The van der Waals surface area contributed by atoms with Crippen LogP contribution in [-0.2, 0) is 0 Å². The largest absolute Gasteiger partial charge is 0.327 e. The maximum Gasteiger partial charge on any atom is 0.321 e. The van der Waals surface area contributed by atoms with Crippen LogP contribution in [0.1, 0.15) is 32.1 Å². The molecule has 0 aliphatic carbocycles. The molecule has 0 aromatic heterocycles. The smallest absolute Gasteiger partial charge is 0.321 e. The number of rotatable bonds is 3. The third-order valence-corrected chi connectivity index (χ3v) is 5.11. The van der Waals surface area contributed by atoms with Gasteiger partial charge in [-0.25, -0.2) is 4.79 Å². The molecule has 0 spiro atoms. The van der Waals surface area contributed by atoms with E-state index in [4.69, 9.17) is 0 Å². The number of urea groups is 1. The molecule has 2 aliphatic heterocycles. The van der Waals surface area contributed by atoms with Gasteiger partial charge >= 0.3 is 6.03 Å². The molecule has 1 N–H and O–H groups in total. The molecule has 0 radical (unpaired) electrons. The second-order valence-electron chi connectivity index (χ2n) is 6.68. The molecule has 2 atom stereocenters. The molecular weight excluding hydrogens is 274 g/mol. The summed E-state index contributed by atoms with van der Waals surface area (Å²) in [5.74, 6) is 0.626. The summed E-state index contributed by atoms with van der Waals surface area (Å²) in [4.78, 5) is 16.9. The highest BCUT2D eigenvalue weighted by molar-refractivity contribution is 5.89. The Morgan fingerprint density at radius 1 is 1.18 bits per heavy atom. The zero-order valence-corrected chi connectivity index (χ0v) is 13.5. The Hall–Kier alpha value is -1.55. The number of para-hydroxylation sites is 1. The van der Waals surface area contributed by atoms with Crippen molar-refractivity contribution in [3.8, 4) is 0 Å². The molecule has 2 amide bonds. The molecule has 2 saturated heterocycles. The molecule has 0 unspecified atom stereocenters. The first-order valence-electron chi connectivity index (χ1n) is 8.55. The van der Waals surface area contributed by atoms with Crippen molar-refractivity contribution in [2.24, 2.45) is 5.92 Å². The number of carbonyl (C=O) groups excluding carboxylic acids is 1. The van der Waals surface area contributed by atoms with Crippen LogP contribution in [-0.4, -0.2) is 48.6 Å². The van der Waals surface area contributed by atoms with Crippen molar-refractivity contribution in [3.05, 3.63) is 30.3 Å². The highest BCUT2D eigenvalue weighted by atomic mass is 16.2. The van der Waals surface area contributed by atoms with Crippen molar-refractivity contribution in [1.29, 1.82) is 0 Å². The van der Waals surface area contributed by atoms with Crippen molar-refractivity contribution < 1.29 is 4.79 Å². The lowest BCUT2D eigenvalue weighted by Gasteiger charge is -2.45. The minimum absolute atomic E-state index is 0.000803. The first kappa shape index (κ1) is 15.3. The molecule has 2 fully saturated rings. The maximum atomic E-state index is 12.3. The summed E-state index contributed by atoms with van der Waals surface area (Å²) in [5.41, 5.74) is 0.863. The summed E-state index contributed by atoms with van der Waals surface area (Å²) in [6, 6.07) is 10.4. The van der Waals surface area contributed by atoms with Crippen molar-refractivity contribution >= 4 is 11.7 Å². The Bertz CT molecular complexity index is 488. The van der Waals surface area contributed by atoms with Gasteiger partial charge in [0.2, 0.25) is 0 Å². The monoisotopic (exact) mass is 301 g/mol. The quantitative estimate of drug-likeness (QED) is 0.928. The van der Waals surface area contributed by atoms with Gasteiger partial charge in [-0.1, -0.05) is 24.6 Å². The van der Waals surface area contributed by atoms with Gasteiger partial charge in [-0.3, -0.25) is 0 Å². The predicted octanol–water partition coefficient (Wildman–Crippen LogP) is 3.41. The zero-order valence-electron chi connectivity index (χ0n) is 13.5. The number of carbonyl (C=O) groups is 1. The van der Waals surface area contributed by atoms with E-state index in [2.05, 4.69) is 10.2 Å². The third-order valence-electron chi connectivity index (χ3n) is 5.11. The minimum atomic E-state index is -0.000803. The van der Waals surface area contributed by atoms with E-state index < -0.39 is 0 Å². The SMILES string of the molecule is CN(C[C@@H]1CCCN2CCCC[C@H]12)C(=O)Nc1ccccc1. The van der Waals surface area contributed by atoms with Crippen LogP contribution in [0.15, 0.2) is 30.3 Å². The molecule has 120 valence electrons. The first-order chi connectivity index (χ1) is 10.7. The fraction of sp³-hybridized carbons (Fsp3) is 0.611. The van der Waals surface area contributed by atoms with Gasteiger partial charge in [0.1, 0.15) is 0 Å². The number of hydrogen-bond acceptors (Lipinski definition) is 2. The average molecular weight is 301 g/mol. The van der Waals surface area contributed by atoms with Gasteiger partial charge in [0.15, 0.2) is 0 Å². The Balaban J connectivity index is 1.56. The molecule has 0 saturated carbocycles. The molecule has 2 aliphatic rings. The molecule has 1 aromatic carbocycles. The van der Waals surface area contributed by atoms with Gasteiger partial charge < -0.3 is 15.1 Å². The fourth-order valence-corrected chi connectivity index (χ4v) is 3.97. The Morgan fingerprint density at radius 2 is 1.95 bits per heavy atom. The number of nitrogens with zero attached hydrogens (tertiary/aromatic N) is 2. The molecule has 4 nitrogen and oxygen atoms in total. The lowest BCUT2D eigenvalue weighted by Crippen LogP contribution is -2.51. The molecule has 2 heterocycles. The van der Waals surface area contributed by atoms with E-state index in [1.54, 1.807) is 0 Å². The second-order valence-corrected chi connectivity index (χ2v) is 6.68. The van der Waals surface area contributed by atoms with Crippen LogP contribution < -0.4 is 5.32 Å². The second kappa shape index (κ2) is 7.14. The lowest BCUT2D eigenvalue weighted by molar-refractivity contribution is 0.0495. The average Bonchev–Trinajstić information content (AvgIpc) is 2.56. The van der Waals surface area contributed by atoms with E-state index in [9.17, 15) is 4.79 Å². The maximum absolute atomic E-state index is 12.3. The highest BCUT2D eigenvalue weighted by Crippen LogP contribution is 2.31. The zero-order chi connectivity index (χ0) is 15.4. The number of piperidine rings is 2. The van der Waals surface area contributed by atoms with Crippen molar-refractivity contribution in [2.45, 2.75) is 38.1 Å². The first-order valence-corrected chi connectivity index (χ1v) is 8.55. The molecule has 0 bridgehead atoms. The highest BCUT2D eigenvalue weighted by Gasteiger charge is 2.33. The van der Waals surface area contributed by atoms with E-state index in [0.29, 0.717) is 12.0 Å². The standard InChI is InChI=1S/C18H27N3O/c1-20(18(22)19-16-9-3-2-4-10-16)14-15-8-7-13-21-12-6-5-11-17(15)21/h2-4,9-10,15,17H,5-8,11-14H2,1H3,(H,19,22)/t15-,17+/m0/s1. The van der Waals surface area contributed by atoms with E-state index in [1.807, 2.05) is 42.3 Å². The van der Waals surface area contributed by atoms with Crippen LogP contribution in [0.4, 0.5) is 10.5 Å². The van der Waals surface area contributed by atoms with Crippen LogP contribution in [0, 0.1) is 5.92 Å². The lowest BCUT2D eigenvalue weighted by atomic mass is 9.83. The van der Waals surface area contributed by atoms with Gasteiger partial charge in [-0.05, 0) is 56.8 Å². The molecule has 1 aromatic rings. The van der Waals surface area contributed by atoms with Crippen LogP contribution in [0.2, 0.25) is 0 Å². The van der Waals surface area contributed by atoms with Crippen molar-refractivity contribution in [3.63, 3.8) is 0 Å². The number of nitrogens with one attached hydrogen (secondary N) is 1. The molecular formula is C18H27N3O. The number of fused-ring (bicyclic) bond motifs is 1. The fourth-order valence-electron chi connectivity index (χ4n) is 3.97. The Morgan fingerprint density at radius 3 is 2.77 bits per heavy atom. The molecule has 22 heavy (non-hydrogen) atoms. The van der Waals surface area contributed by atoms with E-state index >= 15 is 0 Å². The van der Waals surface area contributed by atoms with Gasteiger partial charge in [-0.15, -0.1) is 0 Å². The molecule has 3 rings (SSSR count). The predicted molar refractivity (Wildman–Crippen MR) is 90.0 cm³/mol. The number of anilines is 1. The van der Waals surface area contributed by atoms with Gasteiger partial charge in [0.25, 0.3) is 0 Å². The Kier molecular flexibility index (Phi) is 4.98. The van der Waals surface area contributed by atoms with Gasteiger partial charge in [0.05, 0.1) is 0 Å². The number of benzene rings is 1. The number of hydrogen-bond donors (Lipinski definition) is 1. The van der Waals surface area contributed by atoms with Crippen LogP contribution in [0.25, 0.3) is 0 Å². The summed E-state index contributed by atoms with van der Waals surface area (Å²) in [6.45, 7) is 3.36. The minimum Gasteiger partial charge on any atom is -0.327 e. The summed E-state index contributed by atoms with van der Waals surface area (Å²) in [7, 11) is 1.92. The van der Waals surface area contributed by atoms with E-state index in [-0.39, 0.29) is 6.03 Å². The molecule has 4 heteroatoms. The topological polar surface area (TPSA) is 35.6 Å². The summed E-state index contributed by atoms with van der Waals surface area (Å²) >= 11 is 0. The third kappa shape index (κ3) is 3.61. The van der Waals surface area contributed by atoms with Crippen molar-refractivity contribution in [1.82, 2.24) is 9.80 Å².